The molecule has 0 aliphatic carbocycles. The molecule has 2 aromatic rings. The maximum Gasteiger partial charge on any atom is 0.125 e. The molecule has 0 radical (unpaired) electrons. The van der Waals surface area contributed by atoms with Crippen molar-refractivity contribution in [2.75, 3.05) is 0 Å². The van der Waals surface area contributed by atoms with Crippen molar-refractivity contribution in [1.29, 1.82) is 0 Å². The van der Waals surface area contributed by atoms with Crippen LogP contribution in [0.2, 0.25) is 0 Å². The molecule has 0 aliphatic rings. The fourth-order valence-electron chi connectivity index (χ4n) is 2.69. The van der Waals surface area contributed by atoms with Crippen LogP contribution in [0, 0.1) is 20.8 Å². The first-order valence-corrected chi connectivity index (χ1v) is 7.49. The van der Waals surface area contributed by atoms with E-state index in [0.29, 0.717) is 13.0 Å². The molecule has 0 heterocycles. The minimum absolute atomic E-state index is 0.471. The average Bonchev–Trinajstić information content (AvgIpc) is 2.45. The number of aryl methyl sites for hydroxylation is 3. The van der Waals surface area contributed by atoms with Crippen LogP contribution in [-0.2, 0) is 6.61 Å². The Balaban J connectivity index is 2.21. The molecule has 0 saturated heterocycles. The standard InChI is InChI=1S/C19H24O2/c1-5-18(20)16-8-6-7-9-19(16)21-12-17-14(3)10-13(2)11-15(17)4/h6-11,18,20H,5,12H2,1-4H3/t18-/m1/s1. The molecule has 0 amide bonds. The summed E-state index contributed by atoms with van der Waals surface area (Å²) < 4.78 is 5.99. The van der Waals surface area contributed by atoms with Gasteiger partial charge in [-0.15, -0.1) is 0 Å². The molecular weight excluding hydrogens is 260 g/mol. The second-order valence-corrected chi connectivity index (χ2v) is 5.63. The Bertz CT molecular complexity index is 594. The Labute approximate surface area is 127 Å². The quantitative estimate of drug-likeness (QED) is 0.867. The van der Waals surface area contributed by atoms with Gasteiger partial charge in [0.25, 0.3) is 0 Å². The summed E-state index contributed by atoms with van der Waals surface area (Å²) in [5, 5.41) is 10.1. The number of aliphatic hydroxyl groups excluding tert-OH is 1. The highest BCUT2D eigenvalue weighted by atomic mass is 16.5. The van der Waals surface area contributed by atoms with E-state index in [1.54, 1.807) is 0 Å². The van der Waals surface area contributed by atoms with Gasteiger partial charge in [0.15, 0.2) is 0 Å². The Morgan fingerprint density at radius 1 is 1.05 bits per heavy atom. The van der Waals surface area contributed by atoms with Crippen LogP contribution in [0.25, 0.3) is 0 Å². The summed E-state index contributed by atoms with van der Waals surface area (Å²) in [6.07, 6.45) is 0.213. The third-order valence-corrected chi connectivity index (χ3v) is 3.88. The van der Waals surface area contributed by atoms with Crippen molar-refractivity contribution in [3.63, 3.8) is 0 Å². The first-order chi connectivity index (χ1) is 10.0. The lowest BCUT2D eigenvalue weighted by atomic mass is 10.0. The van der Waals surface area contributed by atoms with E-state index in [4.69, 9.17) is 4.74 Å². The Hall–Kier alpha value is -1.80. The monoisotopic (exact) mass is 284 g/mol. The van der Waals surface area contributed by atoms with Gasteiger partial charge in [-0.25, -0.2) is 0 Å². The lowest BCUT2D eigenvalue weighted by molar-refractivity contribution is 0.166. The second-order valence-electron chi connectivity index (χ2n) is 5.63. The molecule has 2 rings (SSSR count). The van der Waals surface area contributed by atoms with Gasteiger partial charge in [0.05, 0.1) is 6.10 Å². The summed E-state index contributed by atoms with van der Waals surface area (Å²) in [7, 11) is 0. The number of aliphatic hydroxyl groups is 1. The largest absolute Gasteiger partial charge is 0.489 e. The SMILES string of the molecule is CC[C@@H](O)c1ccccc1OCc1c(C)cc(C)cc1C. The second kappa shape index (κ2) is 6.77. The predicted octanol–water partition coefficient (Wildman–Crippen LogP) is 4.63. The number of hydrogen-bond acceptors (Lipinski definition) is 2. The van der Waals surface area contributed by atoms with Crippen LogP contribution in [0.5, 0.6) is 5.75 Å². The van der Waals surface area contributed by atoms with E-state index in [9.17, 15) is 5.11 Å². The zero-order valence-corrected chi connectivity index (χ0v) is 13.3. The molecule has 2 aromatic carbocycles. The minimum Gasteiger partial charge on any atom is -0.489 e. The molecule has 0 unspecified atom stereocenters. The van der Waals surface area contributed by atoms with Gasteiger partial charge >= 0.3 is 0 Å². The minimum atomic E-state index is -0.471. The van der Waals surface area contributed by atoms with E-state index >= 15 is 0 Å². The topological polar surface area (TPSA) is 29.5 Å². The molecule has 112 valence electrons. The number of ether oxygens (including phenoxy) is 1. The van der Waals surface area contributed by atoms with E-state index in [2.05, 4.69) is 32.9 Å². The maximum absolute atomic E-state index is 10.1. The van der Waals surface area contributed by atoms with Crippen LogP contribution < -0.4 is 4.74 Å². The highest BCUT2D eigenvalue weighted by Gasteiger charge is 2.12. The zero-order valence-electron chi connectivity index (χ0n) is 13.3. The molecule has 2 heteroatoms. The van der Waals surface area contributed by atoms with Gasteiger partial charge in [-0.1, -0.05) is 42.8 Å². The first-order valence-electron chi connectivity index (χ1n) is 7.49. The number of benzene rings is 2. The summed E-state index contributed by atoms with van der Waals surface area (Å²) in [4.78, 5) is 0. The van der Waals surface area contributed by atoms with Crippen molar-refractivity contribution in [3.05, 3.63) is 64.2 Å². The van der Waals surface area contributed by atoms with Crippen LogP contribution in [0.1, 0.15) is 47.3 Å². The Morgan fingerprint density at radius 2 is 1.67 bits per heavy atom. The molecule has 0 bridgehead atoms. The van der Waals surface area contributed by atoms with E-state index in [0.717, 1.165) is 11.3 Å². The molecule has 1 N–H and O–H groups in total. The summed E-state index contributed by atoms with van der Waals surface area (Å²) in [5.41, 5.74) is 5.86. The van der Waals surface area contributed by atoms with Crippen LogP contribution >= 0.6 is 0 Å². The van der Waals surface area contributed by atoms with Gasteiger partial charge in [-0.2, -0.15) is 0 Å². The van der Waals surface area contributed by atoms with E-state index in [1.807, 2.05) is 31.2 Å². The zero-order chi connectivity index (χ0) is 15.4. The first kappa shape index (κ1) is 15.6. The molecule has 1 atom stereocenters. The normalized spacial score (nSPS) is 12.2. The van der Waals surface area contributed by atoms with Crippen LogP contribution in [0.15, 0.2) is 36.4 Å². The van der Waals surface area contributed by atoms with Crippen molar-refractivity contribution in [1.82, 2.24) is 0 Å². The van der Waals surface area contributed by atoms with Crippen molar-refractivity contribution < 1.29 is 9.84 Å². The summed E-state index contributed by atoms with van der Waals surface area (Å²) >= 11 is 0. The van der Waals surface area contributed by atoms with Crippen molar-refractivity contribution in [2.24, 2.45) is 0 Å². The molecular formula is C19H24O2. The van der Waals surface area contributed by atoms with Crippen LogP contribution in [-0.4, -0.2) is 5.11 Å². The molecule has 0 aliphatic heterocycles. The summed E-state index contributed by atoms with van der Waals surface area (Å²) in [5.74, 6) is 0.770. The highest BCUT2D eigenvalue weighted by Crippen LogP contribution is 2.28. The highest BCUT2D eigenvalue weighted by molar-refractivity contribution is 5.39. The smallest absolute Gasteiger partial charge is 0.125 e. The number of rotatable bonds is 5. The summed E-state index contributed by atoms with van der Waals surface area (Å²) in [6.45, 7) is 8.84. The van der Waals surface area contributed by atoms with Gasteiger partial charge in [-0.05, 0) is 49.9 Å². The van der Waals surface area contributed by atoms with Gasteiger partial charge in [0, 0.05) is 5.56 Å². The van der Waals surface area contributed by atoms with Crippen molar-refractivity contribution >= 4 is 0 Å². The molecule has 0 spiro atoms. The Kier molecular flexibility index (Phi) is 5.03. The third-order valence-electron chi connectivity index (χ3n) is 3.88. The van der Waals surface area contributed by atoms with Gasteiger partial charge in [-0.3, -0.25) is 0 Å². The van der Waals surface area contributed by atoms with Crippen LogP contribution in [0.4, 0.5) is 0 Å². The maximum atomic E-state index is 10.1. The number of hydrogen-bond donors (Lipinski definition) is 1. The predicted molar refractivity (Wildman–Crippen MR) is 86.7 cm³/mol. The van der Waals surface area contributed by atoms with Crippen molar-refractivity contribution in [3.8, 4) is 5.75 Å². The van der Waals surface area contributed by atoms with Crippen LogP contribution in [0.3, 0.4) is 0 Å². The fraction of sp³-hybridized carbons (Fsp3) is 0.368. The van der Waals surface area contributed by atoms with Gasteiger partial charge < -0.3 is 9.84 Å². The molecule has 0 aromatic heterocycles. The molecule has 0 saturated carbocycles. The fourth-order valence-corrected chi connectivity index (χ4v) is 2.69. The van der Waals surface area contributed by atoms with Gasteiger partial charge in [0.2, 0.25) is 0 Å². The lowest BCUT2D eigenvalue weighted by Gasteiger charge is -2.17. The van der Waals surface area contributed by atoms with E-state index < -0.39 is 6.10 Å². The molecule has 21 heavy (non-hydrogen) atoms. The Morgan fingerprint density at radius 3 is 2.29 bits per heavy atom. The van der Waals surface area contributed by atoms with Crippen molar-refractivity contribution in [2.45, 2.75) is 46.8 Å². The molecule has 2 nitrogen and oxygen atoms in total. The van der Waals surface area contributed by atoms with E-state index in [1.165, 1.54) is 22.3 Å². The summed E-state index contributed by atoms with van der Waals surface area (Å²) in [6, 6.07) is 12.1. The van der Waals surface area contributed by atoms with Gasteiger partial charge in [0.1, 0.15) is 12.4 Å². The number of para-hydroxylation sites is 1. The molecule has 0 fully saturated rings. The lowest BCUT2D eigenvalue weighted by Crippen LogP contribution is -2.05. The van der Waals surface area contributed by atoms with E-state index in [-0.39, 0.29) is 0 Å². The average molecular weight is 284 g/mol. The third kappa shape index (κ3) is 3.64.